The Morgan fingerprint density at radius 1 is 1.15 bits per heavy atom. The molecule has 2 atom stereocenters. The van der Waals surface area contributed by atoms with Gasteiger partial charge in [0.05, 0.1) is 12.0 Å². The average molecular weight is 355 g/mol. The topological polar surface area (TPSA) is 77.2 Å². The number of aromatic nitrogens is 2. The third-order valence-electron chi connectivity index (χ3n) is 5.03. The van der Waals surface area contributed by atoms with Crippen molar-refractivity contribution in [1.29, 1.82) is 0 Å². The van der Waals surface area contributed by atoms with E-state index in [9.17, 15) is 4.79 Å². The number of ether oxygens (including phenoxy) is 1. The molecule has 1 aliphatic carbocycles. The van der Waals surface area contributed by atoms with Gasteiger partial charge in [-0.05, 0) is 48.9 Å². The Kier molecular flexibility index (Phi) is 4.31. The summed E-state index contributed by atoms with van der Waals surface area (Å²) in [6, 6.07) is 7.66. The molecular formula is C20H25N3O3. The molecule has 1 amide bonds. The van der Waals surface area contributed by atoms with Crippen molar-refractivity contribution in [3.05, 3.63) is 35.7 Å². The number of nitrogens with zero attached hydrogens (tertiary/aromatic N) is 2. The first kappa shape index (κ1) is 17.2. The molecule has 2 fully saturated rings. The van der Waals surface area contributed by atoms with E-state index < -0.39 is 0 Å². The minimum atomic E-state index is -0.0265. The molecule has 1 aromatic carbocycles. The van der Waals surface area contributed by atoms with E-state index in [-0.39, 0.29) is 23.3 Å². The summed E-state index contributed by atoms with van der Waals surface area (Å²) in [5.41, 5.74) is 1.49. The highest BCUT2D eigenvalue weighted by Crippen LogP contribution is 2.40. The lowest BCUT2D eigenvalue weighted by molar-refractivity contribution is 0.0193. The molecule has 4 rings (SSSR count). The van der Waals surface area contributed by atoms with E-state index in [0.717, 1.165) is 31.4 Å². The highest BCUT2D eigenvalue weighted by molar-refractivity contribution is 5.94. The lowest BCUT2D eigenvalue weighted by Crippen LogP contribution is -2.30. The molecule has 1 saturated carbocycles. The van der Waals surface area contributed by atoms with Crippen molar-refractivity contribution in [3.8, 4) is 11.5 Å². The molecule has 0 spiro atoms. The summed E-state index contributed by atoms with van der Waals surface area (Å²) in [7, 11) is 0. The zero-order chi connectivity index (χ0) is 18.3. The smallest absolute Gasteiger partial charge is 0.257 e. The van der Waals surface area contributed by atoms with Gasteiger partial charge in [0, 0.05) is 23.8 Å². The predicted molar refractivity (Wildman–Crippen MR) is 96.8 cm³/mol. The summed E-state index contributed by atoms with van der Waals surface area (Å²) < 4.78 is 11.4. The maximum atomic E-state index is 12.1. The van der Waals surface area contributed by atoms with Crippen molar-refractivity contribution in [1.82, 2.24) is 15.5 Å². The van der Waals surface area contributed by atoms with Crippen LogP contribution in [0.3, 0.4) is 0 Å². The summed E-state index contributed by atoms with van der Waals surface area (Å²) in [5, 5.41) is 7.18. The number of amides is 1. The largest absolute Gasteiger partial charge is 0.377 e. The standard InChI is InChI=1S/C20H25N3O3/c1-20(2,3)16-15(10-11-25-16)17-22-19(26-23-17)13-6-4-12(5-7-13)18(24)21-14-8-9-14/h4-7,14-16H,8-11H2,1-3H3,(H,21,24)/t15-,16-/m0/s1. The van der Waals surface area contributed by atoms with Crippen LogP contribution in [0.2, 0.25) is 0 Å². The van der Waals surface area contributed by atoms with Gasteiger partial charge in [0.25, 0.3) is 11.8 Å². The van der Waals surface area contributed by atoms with Crippen LogP contribution >= 0.6 is 0 Å². The second-order valence-electron chi connectivity index (χ2n) is 8.34. The van der Waals surface area contributed by atoms with Crippen molar-refractivity contribution in [2.45, 2.75) is 58.1 Å². The lowest BCUT2D eigenvalue weighted by atomic mass is 9.81. The molecule has 138 valence electrons. The summed E-state index contributed by atoms with van der Waals surface area (Å²) in [5.74, 6) is 1.30. The molecular weight excluding hydrogens is 330 g/mol. The predicted octanol–water partition coefficient (Wildman–Crippen LogP) is 3.55. The molecule has 2 aromatic rings. The molecule has 6 heteroatoms. The Hall–Kier alpha value is -2.21. The van der Waals surface area contributed by atoms with Crippen LogP contribution in [0.25, 0.3) is 11.5 Å². The number of carbonyl (C=O) groups excluding carboxylic acids is 1. The fourth-order valence-corrected chi connectivity index (χ4v) is 3.47. The van der Waals surface area contributed by atoms with Gasteiger partial charge in [-0.1, -0.05) is 25.9 Å². The van der Waals surface area contributed by atoms with Gasteiger partial charge in [-0.15, -0.1) is 0 Å². The number of carbonyl (C=O) groups is 1. The van der Waals surface area contributed by atoms with E-state index in [1.165, 1.54) is 0 Å². The number of hydrogen-bond acceptors (Lipinski definition) is 5. The molecule has 1 aromatic heterocycles. The number of nitrogens with one attached hydrogen (secondary N) is 1. The van der Waals surface area contributed by atoms with Crippen LogP contribution in [0.1, 0.15) is 62.1 Å². The van der Waals surface area contributed by atoms with Crippen LogP contribution in [0.5, 0.6) is 0 Å². The first-order valence-corrected chi connectivity index (χ1v) is 9.28. The maximum Gasteiger partial charge on any atom is 0.257 e. The van der Waals surface area contributed by atoms with Crippen LogP contribution in [0.4, 0.5) is 0 Å². The van der Waals surface area contributed by atoms with Crippen molar-refractivity contribution >= 4 is 5.91 Å². The van der Waals surface area contributed by atoms with E-state index in [0.29, 0.717) is 23.3 Å². The Balaban J connectivity index is 1.50. The van der Waals surface area contributed by atoms with Gasteiger partial charge in [-0.2, -0.15) is 4.98 Å². The van der Waals surface area contributed by atoms with E-state index in [2.05, 4.69) is 36.2 Å². The van der Waals surface area contributed by atoms with Crippen LogP contribution in [0, 0.1) is 5.41 Å². The normalized spacial score (nSPS) is 23.2. The number of hydrogen-bond donors (Lipinski definition) is 1. The summed E-state index contributed by atoms with van der Waals surface area (Å²) in [6.45, 7) is 7.23. The SMILES string of the molecule is CC(C)(C)[C@H]1OCC[C@@H]1c1noc(-c2ccc(C(=O)NC3CC3)cc2)n1. The van der Waals surface area contributed by atoms with Crippen LogP contribution in [0.15, 0.2) is 28.8 Å². The first-order chi connectivity index (χ1) is 12.4. The highest BCUT2D eigenvalue weighted by Gasteiger charge is 2.40. The third kappa shape index (κ3) is 3.51. The first-order valence-electron chi connectivity index (χ1n) is 9.28. The van der Waals surface area contributed by atoms with Crippen LogP contribution < -0.4 is 5.32 Å². The number of benzene rings is 1. The van der Waals surface area contributed by atoms with Gasteiger partial charge < -0.3 is 14.6 Å². The van der Waals surface area contributed by atoms with E-state index in [1.54, 1.807) is 12.1 Å². The molecule has 2 heterocycles. The van der Waals surface area contributed by atoms with E-state index >= 15 is 0 Å². The van der Waals surface area contributed by atoms with Crippen molar-refractivity contribution < 1.29 is 14.1 Å². The minimum absolute atomic E-state index is 0.0263. The minimum Gasteiger partial charge on any atom is -0.377 e. The summed E-state index contributed by atoms with van der Waals surface area (Å²) >= 11 is 0. The zero-order valence-corrected chi connectivity index (χ0v) is 15.5. The van der Waals surface area contributed by atoms with E-state index in [4.69, 9.17) is 9.26 Å². The van der Waals surface area contributed by atoms with Crippen molar-refractivity contribution in [2.75, 3.05) is 6.61 Å². The zero-order valence-electron chi connectivity index (χ0n) is 15.5. The quantitative estimate of drug-likeness (QED) is 0.907. The summed E-state index contributed by atoms with van der Waals surface area (Å²) in [6.07, 6.45) is 3.15. The van der Waals surface area contributed by atoms with Gasteiger partial charge in [0.2, 0.25) is 0 Å². The van der Waals surface area contributed by atoms with E-state index in [1.807, 2.05) is 12.1 Å². The Morgan fingerprint density at radius 3 is 2.54 bits per heavy atom. The van der Waals surface area contributed by atoms with Crippen LogP contribution in [-0.2, 0) is 4.74 Å². The number of rotatable bonds is 4. The summed E-state index contributed by atoms with van der Waals surface area (Å²) in [4.78, 5) is 16.7. The monoisotopic (exact) mass is 355 g/mol. The molecule has 0 radical (unpaired) electrons. The fourth-order valence-electron chi connectivity index (χ4n) is 3.47. The maximum absolute atomic E-state index is 12.1. The fraction of sp³-hybridized carbons (Fsp3) is 0.550. The van der Waals surface area contributed by atoms with Gasteiger partial charge in [-0.25, -0.2) is 0 Å². The Labute approximate surface area is 153 Å². The lowest BCUT2D eigenvalue weighted by Gasteiger charge is -2.29. The Morgan fingerprint density at radius 2 is 1.88 bits per heavy atom. The second-order valence-corrected chi connectivity index (χ2v) is 8.34. The molecule has 6 nitrogen and oxygen atoms in total. The van der Waals surface area contributed by atoms with Gasteiger partial charge in [-0.3, -0.25) is 4.79 Å². The molecule has 1 aliphatic heterocycles. The molecule has 2 aliphatic rings. The molecule has 26 heavy (non-hydrogen) atoms. The molecule has 1 saturated heterocycles. The van der Waals surface area contributed by atoms with Gasteiger partial charge >= 0.3 is 0 Å². The molecule has 0 bridgehead atoms. The average Bonchev–Trinajstić information content (AvgIpc) is 3.11. The molecule has 0 unspecified atom stereocenters. The second kappa shape index (κ2) is 6.50. The van der Waals surface area contributed by atoms with Gasteiger partial charge in [0.15, 0.2) is 5.82 Å². The third-order valence-corrected chi connectivity index (χ3v) is 5.03. The Bertz CT molecular complexity index is 787. The van der Waals surface area contributed by atoms with Crippen molar-refractivity contribution in [2.24, 2.45) is 5.41 Å². The van der Waals surface area contributed by atoms with Gasteiger partial charge in [0.1, 0.15) is 0 Å². The molecule has 1 N–H and O–H groups in total. The van der Waals surface area contributed by atoms with Crippen LogP contribution in [-0.4, -0.2) is 34.8 Å². The highest BCUT2D eigenvalue weighted by atomic mass is 16.5. The van der Waals surface area contributed by atoms with Crippen molar-refractivity contribution in [3.63, 3.8) is 0 Å².